The molecule has 1 aliphatic heterocycles. The van der Waals surface area contributed by atoms with Gasteiger partial charge in [-0.1, -0.05) is 12.8 Å². The van der Waals surface area contributed by atoms with Gasteiger partial charge in [-0.25, -0.2) is 4.79 Å². The Bertz CT molecular complexity index is 427. The average molecular weight is 265 g/mol. The zero-order valence-corrected chi connectivity index (χ0v) is 12.0. The molecular weight excluding hydrogens is 242 g/mol. The van der Waals surface area contributed by atoms with Gasteiger partial charge in [-0.3, -0.25) is 4.90 Å². The van der Waals surface area contributed by atoms with E-state index in [9.17, 15) is 4.79 Å². The van der Waals surface area contributed by atoms with E-state index in [-0.39, 0.29) is 11.8 Å². The number of hydrogen-bond acceptors (Lipinski definition) is 4. The molecule has 1 fully saturated rings. The lowest BCUT2D eigenvalue weighted by molar-refractivity contribution is 0.0556. The van der Waals surface area contributed by atoms with Crippen LogP contribution in [-0.4, -0.2) is 30.6 Å². The van der Waals surface area contributed by atoms with E-state index < -0.39 is 5.97 Å². The Morgan fingerprint density at radius 1 is 1.42 bits per heavy atom. The molecule has 1 aromatic heterocycles. The average Bonchev–Trinajstić information content (AvgIpc) is 2.81. The Labute approximate surface area is 114 Å². The van der Waals surface area contributed by atoms with Gasteiger partial charge in [0.25, 0.3) is 0 Å². The molecule has 0 N–H and O–H groups in total. The van der Waals surface area contributed by atoms with Gasteiger partial charge in [0.15, 0.2) is 0 Å². The first-order valence-electron chi connectivity index (χ1n) is 7.07. The molecule has 0 bridgehead atoms. The quantitative estimate of drug-likeness (QED) is 0.786. The molecule has 2 heterocycles. The number of furan rings is 1. The number of esters is 1. The fraction of sp³-hybridized carbons (Fsp3) is 0.667. The molecule has 0 aromatic carbocycles. The maximum Gasteiger partial charge on any atom is 0.373 e. The summed E-state index contributed by atoms with van der Waals surface area (Å²) in [6.07, 6.45) is 5.07. The minimum absolute atomic E-state index is 0.200. The van der Waals surface area contributed by atoms with Gasteiger partial charge in [-0.05, 0) is 45.4 Å². The SMILES string of the molecule is COC(=O)c1ccc(C(C)N2CCCCCC2C)o1. The first kappa shape index (κ1) is 14.1. The molecule has 4 nitrogen and oxygen atoms in total. The highest BCUT2D eigenvalue weighted by molar-refractivity contribution is 5.86. The highest BCUT2D eigenvalue weighted by atomic mass is 16.5. The molecule has 2 atom stereocenters. The predicted octanol–water partition coefficient (Wildman–Crippen LogP) is 3.39. The maximum atomic E-state index is 11.4. The lowest BCUT2D eigenvalue weighted by atomic mass is 10.1. The largest absolute Gasteiger partial charge is 0.463 e. The highest BCUT2D eigenvalue weighted by Crippen LogP contribution is 2.28. The number of nitrogens with zero attached hydrogens (tertiary/aromatic N) is 1. The maximum absolute atomic E-state index is 11.4. The third-order valence-electron chi connectivity index (χ3n) is 4.03. The molecule has 0 aliphatic carbocycles. The minimum Gasteiger partial charge on any atom is -0.463 e. The first-order chi connectivity index (χ1) is 9.13. The van der Waals surface area contributed by atoms with Crippen LogP contribution < -0.4 is 0 Å². The van der Waals surface area contributed by atoms with Crippen LogP contribution in [0.3, 0.4) is 0 Å². The summed E-state index contributed by atoms with van der Waals surface area (Å²) in [5, 5.41) is 0. The molecule has 19 heavy (non-hydrogen) atoms. The molecule has 1 aromatic rings. The van der Waals surface area contributed by atoms with Gasteiger partial charge in [0.1, 0.15) is 5.76 Å². The lowest BCUT2D eigenvalue weighted by Gasteiger charge is -2.31. The number of likely N-dealkylation sites (tertiary alicyclic amines) is 1. The predicted molar refractivity (Wildman–Crippen MR) is 73.1 cm³/mol. The molecule has 2 unspecified atom stereocenters. The fourth-order valence-corrected chi connectivity index (χ4v) is 2.82. The molecule has 1 aliphatic rings. The summed E-state index contributed by atoms with van der Waals surface area (Å²) >= 11 is 0. The first-order valence-corrected chi connectivity index (χ1v) is 7.07. The Morgan fingerprint density at radius 3 is 2.95 bits per heavy atom. The summed E-state index contributed by atoms with van der Waals surface area (Å²) in [4.78, 5) is 13.9. The van der Waals surface area contributed by atoms with Gasteiger partial charge >= 0.3 is 5.97 Å². The van der Waals surface area contributed by atoms with Gasteiger partial charge in [0.05, 0.1) is 13.2 Å². The Balaban J connectivity index is 2.11. The van der Waals surface area contributed by atoms with Gasteiger partial charge in [0, 0.05) is 6.04 Å². The van der Waals surface area contributed by atoms with E-state index in [1.54, 1.807) is 6.07 Å². The molecule has 2 rings (SSSR count). The van der Waals surface area contributed by atoms with Gasteiger partial charge < -0.3 is 9.15 Å². The molecule has 0 radical (unpaired) electrons. The monoisotopic (exact) mass is 265 g/mol. The van der Waals surface area contributed by atoms with Crippen LogP contribution >= 0.6 is 0 Å². The summed E-state index contributed by atoms with van der Waals surface area (Å²) in [7, 11) is 1.37. The van der Waals surface area contributed by atoms with E-state index in [1.165, 1.54) is 32.8 Å². The van der Waals surface area contributed by atoms with Crippen molar-refractivity contribution < 1.29 is 13.9 Å². The van der Waals surface area contributed by atoms with E-state index in [2.05, 4.69) is 23.5 Å². The van der Waals surface area contributed by atoms with E-state index in [1.807, 2.05) is 6.07 Å². The minimum atomic E-state index is -0.414. The smallest absolute Gasteiger partial charge is 0.373 e. The molecule has 0 amide bonds. The molecule has 1 saturated heterocycles. The van der Waals surface area contributed by atoms with Crippen LogP contribution in [0.15, 0.2) is 16.5 Å². The second-order valence-corrected chi connectivity index (χ2v) is 5.31. The van der Waals surface area contributed by atoms with Gasteiger partial charge in [-0.2, -0.15) is 0 Å². The Morgan fingerprint density at radius 2 is 2.21 bits per heavy atom. The molecule has 0 saturated carbocycles. The number of hydrogen-bond donors (Lipinski definition) is 0. The summed E-state index contributed by atoms with van der Waals surface area (Å²) in [6.45, 7) is 5.50. The van der Waals surface area contributed by atoms with Crippen molar-refractivity contribution in [1.82, 2.24) is 4.90 Å². The molecule has 0 spiro atoms. The van der Waals surface area contributed by atoms with E-state index in [0.29, 0.717) is 6.04 Å². The third kappa shape index (κ3) is 3.18. The highest BCUT2D eigenvalue weighted by Gasteiger charge is 2.25. The summed E-state index contributed by atoms with van der Waals surface area (Å²) in [5.74, 6) is 0.711. The second kappa shape index (κ2) is 6.24. The van der Waals surface area contributed by atoms with Crippen molar-refractivity contribution in [3.63, 3.8) is 0 Å². The lowest BCUT2D eigenvalue weighted by Crippen LogP contribution is -2.34. The molecular formula is C15H23NO3. The Kier molecular flexibility index (Phi) is 4.64. The number of rotatable bonds is 3. The zero-order valence-electron chi connectivity index (χ0n) is 12.0. The van der Waals surface area contributed by atoms with Crippen LogP contribution in [0.4, 0.5) is 0 Å². The zero-order chi connectivity index (χ0) is 13.8. The summed E-state index contributed by atoms with van der Waals surface area (Å²) < 4.78 is 10.3. The van der Waals surface area contributed by atoms with Crippen LogP contribution in [-0.2, 0) is 4.74 Å². The van der Waals surface area contributed by atoms with Crippen molar-refractivity contribution in [3.8, 4) is 0 Å². The standard InChI is InChI=1S/C15H23NO3/c1-11-7-5-4-6-10-16(11)12(2)13-8-9-14(19-13)15(17)18-3/h8-9,11-12H,4-7,10H2,1-3H3. The summed E-state index contributed by atoms with van der Waals surface area (Å²) in [5.41, 5.74) is 0. The number of methoxy groups -OCH3 is 1. The van der Waals surface area contributed by atoms with Crippen molar-refractivity contribution in [3.05, 3.63) is 23.7 Å². The van der Waals surface area contributed by atoms with Crippen molar-refractivity contribution in [1.29, 1.82) is 0 Å². The number of ether oxygens (including phenoxy) is 1. The van der Waals surface area contributed by atoms with E-state index in [0.717, 1.165) is 12.3 Å². The normalized spacial score (nSPS) is 22.8. The van der Waals surface area contributed by atoms with Crippen LogP contribution in [0.1, 0.15) is 61.9 Å². The van der Waals surface area contributed by atoms with E-state index in [4.69, 9.17) is 4.42 Å². The fourth-order valence-electron chi connectivity index (χ4n) is 2.82. The van der Waals surface area contributed by atoms with Crippen LogP contribution in [0.5, 0.6) is 0 Å². The van der Waals surface area contributed by atoms with Crippen molar-refractivity contribution in [2.45, 2.75) is 51.6 Å². The van der Waals surface area contributed by atoms with Gasteiger partial charge in [-0.15, -0.1) is 0 Å². The Hall–Kier alpha value is -1.29. The molecule has 106 valence electrons. The van der Waals surface area contributed by atoms with Crippen LogP contribution in [0.25, 0.3) is 0 Å². The van der Waals surface area contributed by atoms with Crippen LogP contribution in [0, 0.1) is 0 Å². The van der Waals surface area contributed by atoms with Crippen molar-refractivity contribution in [2.24, 2.45) is 0 Å². The van der Waals surface area contributed by atoms with E-state index >= 15 is 0 Å². The van der Waals surface area contributed by atoms with Gasteiger partial charge in [0.2, 0.25) is 5.76 Å². The number of carbonyl (C=O) groups excluding carboxylic acids is 1. The summed E-state index contributed by atoms with van der Waals surface area (Å²) in [6, 6.07) is 4.34. The molecule has 4 heteroatoms. The topological polar surface area (TPSA) is 42.7 Å². The van der Waals surface area contributed by atoms with Crippen LogP contribution in [0.2, 0.25) is 0 Å². The second-order valence-electron chi connectivity index (χ2n) is 5.31. The van der Waals surface area contributed by atoms with Crippen molar-refractivity contribution >= 4 is 5.97 Å². The number of carbonyl (C=O) groups is 1. The third-order valence-corrected chi connectivity index (χ3v) is 4.03. The van der Waals surface area contributed by atoms with Crippen molar-refractivity contribution in [2.75, 3.05) is 13.7 Å².